The van der Waals surface area contributed by atoms with Crippen LogP contribution in [0.25, 0.3) is 10.2 Å². The Hall–Kier alpha value is -2.89. The minimum absolute atomic E-state index is 0.0409. The number of piperidine rings is 1. The van der Waals surface area contributed by atoms with E-state index in [9.17, 15) is 18.8 Å². The number of nitrogens with one attached hydrogen (secondary N) is 3. The Labute approximate surface area is 244 Å². The minimum Gasteiger partial charge on any atom is -0.381 e. The SMILES string of the molecule is CC(C)C[C@@H]1NC(=O)C2(C/C=C/C[C@@H]3COCC[C@@H]3NC1=O)CCN(CC(=O)Nc1nc3ccc(F)cc3s1)CC2. The van der Waals surface area contributed by atoms with E-state index in [0.717, 1.165) is 12.8 Å². The van der Waals surface area contributed by atoms with Crippen molar-refractivity contribution in [3.05, 3.63) is 36.2 Å². The number of amides is 3. The molecule has 1 aromatic heterocycles. The zero-order valence-corrected chi connectivity index (χ0v) is 24.6. The molecule has 1 aromatic carbocycles. The van der Waals surface area contributed by atoms with Crippen molar-refractivity contribution in [2.75, 3.05) is 38.2 Å². The highest BCUT2D eigenvalue weighted by Crippen LogP contribution is 2.37. The molecule has 2 fully saturated rings. The van der Waals surface area contributed by atoms with Crippen LogP contribution in [-0.2, 0) is 19.1 Å². The molecule has 3 amide bonds. The second-order valence-electron chi connectivity index (χ2n) is 12.0. The molecule has 5 rings (SSSR count). The number of nitrogens with zero attached hydrogens (tertiary/aromatic N) is 2. The van der Waals surface area contributed by atoms with Crippen LogP contribution in [0.15, 0.2) is 30.4 Å². The van der Waals surface area contributed by atoms with Crippen molar-refractivity contribution in [2.24, 2.45) is 17.3 Å². The lowest BCUT2D eigenvalue weighted by molar-refractivity contribution is -0.138. The first-order chi connectivity index (χ1) is 19.7. The number of aromatic nitrogens is 1. The molecule has 2 aromatic rings. The van der Waals surface area contributed by atoms with Gasteiger partial charge < -0.3 is 20.7 Å². The normalized spacial score (nSPS) is 26.5. The molecule has 3 N–H and O–H groups in total. The number of fused-ring (bicyclic) bond motifs is 2. The quantitative estimate of drug-likeness (QED) is 0.460. The Morgan fingerprint density at radius 3 is 2.83 bits per heavy atom. The van der Waals surface area contributed by atoms with Crippen LogP contribution in [0, 0.1) is 23.1 Å². The highest BCUT2D eigenvalue weighted by atomic mass is 32.1. The van der Waals surface area contributed by atoms with Gasteiger partial charge in [-0.15, -0.1) is 0 Å². The number of halogens is 1. The minimum atomic E-state index is -0.641. The van der Waals surface area contributed by atoms with Crippen LogP contribution >= 0.6 is 11.3 Å². The molecule has 4 heterocycles. The van der Waals surface area contributed by atoms with Gasteiger partial charge in [-0.25, -0.2) is 9.37 Å². The molecule has 0 bridgehead atoms. The average Bonchev–Trinajstić information content (AvgIpc) is 3.32. The van der Waals surface area contributed by atoms with Gasteiger partial charge in [-0.1, -0.05) is 37.3 Å². The predicted molar refractivity (Wildman–Crippen MR) is 157 cm³/mol. The number of carbonyl (C=O) groups excluding carboxylic acids is 3. The molecule has 1 spiro atoms. The third kappa shape index (κ3) is 7.31. The summed E-state index contributed by atoms with van der Waals surface area (Å²) in [6.07, 6.45) is 8.15. The number of likely N-dealkylation sites (tertiary alicyclic amines) is 1. The molecule has 0 unspecified atom stereocenters. The number of anilines is 1. The standard InChI is InChI=1S/C30H40FN5O4S/c1-19(2)15-24-27(38)32-22-8-14-40-18-20(22)5-3-4-9-30(28(39)33-24)10-12-36(13-11-30)17-26(37)35-29-34-23-7-6-21(31)16-25(23)41-29/h3-4,6-7,16,19-20,22,24H,5,8-15,17-18H2,1-2H3,(H,32,38)(H,33,39)(H,34,35,37)/b4-3+/t20-,22+,24+/m1/s1. The summed E-state index contributed by atoms with van der Waals surface area (Å²) in [6, 6.07) is 3.81. The van der Waals surface area contributed by atoms with Crippen molar-refractivity contribution < 1.29 is 23.5 Å². The van der Waals surface area contributed by atoms with E-state index in [1.165, 1.54) is 23.5 Å². The highest BCUT2D eigenvalue weighted by molar-refractivity contribution is 7.22. The monoisotopic (exact) mass is 585 g/mol. The average molecular weight is 586 g/mol. The van der Waals surface area contributed by atoms with Crippen LogP contribution in [0.2, 0.25) is 0 Å². The zero-order chi connectivity index (χ0) is 29.0. The van der Waals surface area contributed by atoms with Crippen LogP contribution in [0.3, 0.4) is 0 Å². The van der Waals surface area contributed by atoms with E-state index < -0.39 is 11.5 Å². The van der Waals surface area contributed by atoms with Gasteiger partial charge in [-0.2, -0.15) is 0 Å². The van der Waals surface area contributed by atoms with Gasteiger partial charge in [0.2, 0.25) is 17.7 Å². The number of hydrogen-bond acceptors (Lipinski definition) is 7. The summed E-state index contributed by atoms with van der Waals surface area (Å²) < 4.78 is 19.9. The smallest absolute Gasteiger partial charge is 0.242 e. The summed E-state index contributed by atoms with van der Waals surface area (Å²) in [5, 5.41) is 9.62. The van der Waals surface area contributed by atoms with Gasteiger partial charge in [-0.05, 0) is 75.7 Å². The van der Waals surface area contributed by atoms with Crippen LogP contribution in [-0.4, -0.2) is 72.5 Å². The molecule has 3 aliphatic rings. The van der Waals surface area contributed by atoms with Gasteiger partial charge in [0.1, 0.15) is 11.9 Å². The van der Waals surface area contributed by atoms with E-state index in [2.05, 4.69) is 46.9 Å². The first-order valence-corrected chi connectivity index (χ1v) is 15.4. The molecule has 41 heavy (non-hydrogen) atoms. The van der Waals surface area contributed by atoms with E-state index in [1.54, 1.807) is 6.07 Å². The van der Waals surface area contributed by atoms with Gasteiger partial charge in [0.05, 0.1) is 28.8 Å². The molecule has 222 valence electrons. The lowest BCUT2D eigenvalue weighted by atomic mass is 9.74. The Kier molecular flexibility index (Phi) is 9.35. The van der Waals surface area contributed by atoms with Crippen molar-refractivity contribution in [3.8, 4) is 0 Å². The predicted octanol–water partition coefficient (Wildman–Crippen LogP) is 3.86. The van der Waals surface area contributed by atoms with Gasteiger partial charge >= 0.3 is 0 Å². The van der Waals surface area contributed by atoms with Crippen molar-refractivity contribution in [2.45, 2.75) is 64.5 Å². The van der Waals surface area contributed by atoms with Crippen molar-refractivity contribution in [3.63, 3.8) is 0 Å². The molecule has 11 heteroatoms. The van der Waals surface area contributed by atoms with Crippen LogP contribution in [0.5, 0.6) is 0 Å². The second-order valence-corrected chi connectivity index (χ2v) is 13.1. The summed E-state index contributed by atoms with van der Waals surface area (Å²) in [5.41, 5.74) is 0.00163. The van der Waals surface area contributed by atoms with Crippen LogP contribution < -0.4 is 16.0 Å². The maximum absolute atomic E-state index is 13.8. The Bertz CT molecular complexity index is 1290. The first-order valence-electron chi connectivity index (χ1n) is 14.6. The molecule has 3 atom stereocenters. The first kappa shape index (κ1) is 29.6. The number of thiazole rings is 1. The van der Waals surface area contributed by atoms with E-state index in [-0.39, 0.29) is 48.0 Å². The molecule has 0 saturated carbocycles. The molecule has 3 aliphatic heterocycles. The number of hydrogen-bond donors (Lipinski definition) is 3. The molecular weight excluding hydrogens is 545 g/mol. The fraction of sp³-hybridized carbons (Fsp3) is 0.600. The van der Waals surface area contributed by atoms with E-state index in [1.807, 2.05) is 4.90 Å². The van der Waals surface area contributed by atoms with Gasteiger partial charge in [0.25, 0.3) is 0 Å². The van der Waals surface area contributed by atoms with E-state index >= 15 is 0 Å². The van der Waals surface area contributed by atoms with Gasteiger partial charge in [0, 0.05) is 18.6 Å². The van der Waals surface area contributed by atoms with Crippen molar-refractivity contribution >= 4 is 44.4 Å². The van der Waals surface area contributed by atoms with Crippen molar-refractivity contribution in [1.29, 1.82) is 0 Å². The number of allylic oxidation sites excluding steroid dienone is 2. The summed E-state index contributed by atoms with van der Waals surface area (Å²) in [6.45, 7) is 6.71. The van der Waals surface area contributed by atoms with E-state index in [0.29, 0.717) is 67.3 Å². The number of ether oxygens (including phenoxy) is 1. The summed E-state index contributed by atoms with van der Waals surface area (Å²) in [5.74, 6) is -0.274. The van der Waals surface area contributed by atoms with Crippen molar-refractivity contribution in [1.82, 2.24) is 20.5 Å². The topological polar surface area (TPSA) is 113 Å². The molecule has 2 saturated heterocycles. The number of benzene rings is 1. The fourth-order valence-corrected chi connectivity index (χ4v) is 6.98. The third-order valence-corrected chi connectivity index (χ3v) is 9.44. The Morgan fingerprint density at radius 1 is 1.24 bits per heavy atom. The summed E-state index contributed by atoms with van der Waals surface area (Å²) in [4.78, 5) is 46.4. The largest absolute Gasteiger partial charge is 0.381 e. The Balaban J connectivity index is 1.24. The van der Waals surface area contributed by atoms with Crippen LogP contribution in [0.1, 0.15) is 52.4 Å². The fourth-order valence-electron chi connectivity index (χ4n) is 6.07. The number of carbonyl (C=O) groups is 3. The second kappa shape index (κ2) is 13.0. The maximum Gasteiger partial charge on any atom is 0.242 e. The molecule has 0 radical (unpaired) electrons. The number of rotatable bonds is 5. The molecule has 9 nitrogen and oxygen atoms in total. The third-order valence-electron chi connectivity index (χ3n) is 8.50. The van der Waals surface area contributed by atoms with Crippen LogP contribution in [0.4, 0.5) is 9.52 Å². The van der Waals surface area contributed by atoms with Gasteiger partial charge in [0.15, 0.2) is 5.13 Å². The summed E-state index contributed by atoms with van der Waals surface area (Å²) >= 11 is 1.24. The summed E-state index contributed by atoms with van der Waals surface area (Å²) in [7, 11) is 0. The highest BCUT2D eigenvalue weighted by Gasteiger charge is 2.42. The maximum atomic E-state index is 13.8. The van der Waals surface area contributed by atoms with Gasteiger partial charge in [-0.3, -0.25) is 19.3 Å². The van der Waals surface area contributed by atoms with E-state index in [4.69, 9.17) is 4.74 Å². The zero-order valence-electron chi connectivity index (χ0n) is 23.8. The molecular formula is C30H40FN5O4S. The lowest BCUT2D eigenvalue weighted by Gasteiger charge is -2.41. The Morgan fingerprint density at radius 2 is 2.05 bits per heavy atom. The molecule has 0 aliphatic carbocycles. The lowest BCUT2D eigenvalue weighted by Crippen LogP contribution is -2.57.